The van der Waals surface area contributed by atoms with Crippen molar-refractivity contribution in [1.29, 1.82) is 0 Å². The third kappa shape index (κ3) is 5.46. The molecule has 0 atom stereocenters. The van der Waals surface area contributed by atoms with E-state index in [-0.39, 0.29) is 40.0 Å². The van der Waals surface area contributed by atoms with E-state index in [1.165, 1.54) is 36.3 Å². The van der Waals surface area contributed by atoms with Crippen LogP contribution in [0.1, 0.15) is 34.1 Å². The van der Waals surface area contributed by atoms with E-state index < -0.39 is 24.3 Å². The first kappa shape index (κ1) is 21.6. The van der Waals surface area contributed by atoms with Crippen molar-refractivity contribution in [3.63, 3.8) is 0 Å². The molecular formula is C24H26FN9O3. The smallest absolute Gasteiger partial charge is 0.273 e. The second-order valence-corrected chi connectivity index (χ2v) is 8.40. The van der Waals surface area contributed by atoms with Crippen LogP contribution in [0.2, 0.25) is 0 Å². The standard InChI is InChI=1S/C24H26FN9O3/c1-24(2,36)17-12-19(33-34(17)4)30-18-11-15(20(32-31-18)23(35)26-3)29-16-10-13(25)9-14(21(16)37-5)22-27-7-6-8-28-22/h6-12,36H,1-5H3,(H,26,35)(H2,29,30,31,33)/i3D3. The summed E-state index contributed by atoms with van der Waals surface area (Å²) in [5.74, 6) is -0.949. The molecule has 13 heteroatoms. The largest absolute Gasteiger partial charge is 0.494 e. The molecule has 3 heterocycles. The van der Waals surface area contributed by atoms with Crippen molar-refractivity contribution in [3.05, 3.63) is 59.9 Å². The maximum Gasteiger partial charge on any atom is 0.273 e. The number of nitrogens with one attached hydrogen (secondary N) is 3. The summed E-state index contributed by atoms with van der Waals surface area (Å²) in [6.45, 7) is 0.410. The van der Waals surface area contributed by atoms with Crippen molar-refractivity contribution in [2.45, 2.75) is 19.4 Å². The minimum atomic E-state index is -2.80. The maximum atomic E-state index is 14.7. The zero-order valence-corrected chi connectivity index (χ0v) is 20.4. The number of amides is 1. The van der Waals surface area contributed by atoms with E-state index in [0.29, 0.717) is 11.5 Å². The van der Waals surface area contributed by atoms with Gasteiger partial charge in [-0.2, -0.15) is 5.10 Å². The SMILES string of the molecule is [2H]C([2H])([2H])NC(=O)c1nnc(Nc2cc(C(C)(C)O)n(C)n2)cc1Nc1cc(F)cc(-c2ncccn2)c1OC. The molecule has 0 radical (unpaired) electrons. The van der Waals surface area contributed by atoms with Gasteiger partial charge in [0, 0.05) is 48.7 Å². The summed E-state index contributed by atoms with van der Waals surface area (Å²) in [6, 6.07) is 6.89. The normalized spacial score (nSPS) is 12.8. The number of hydrogen-bond acceptors (Lipinski definition) is 10. The molecule has 0 saturated heterocycles. The van der Waals surface area contributed by atoms with E-state index >= 15 is 0 Å². The van der Waals surface area contributed by atoms with E-state index in [1.807, 2.05) is 5.32 Å². The highest BCUT2D eigenvalue weighted by molar-refractivity contribution is 5.99. The van der Waals surface area contributed by atoms with Gasteiger partial charge in [-0.3, -0.25) is 9.48 Å². The van der Waals surface area contributed by atoms with Gasteiger partial charge in [-0.05, 0) is 26.0 Å². The number of anilines is 4. The minimum absolute atomic E-state index is 0.0262. The van der Waals surface area contributed by atoms with Gasteiger partial charge in [-0.25, -0.2) is 14.4 Å². The number of ether oxygens (including phenoxy) is 1. The Morgan fingerprint density at radius 2 is 1.86 bits per heavy atom. The summed E-state index contributed by atoms with van der Waals surface area (Å²) in [7, 11) is 3.02. The van der Waals surface area contributed by atoms with Crippen molar-refractivity contribution in [3.8, 4) is 17.1 Å². The van der Waals surface area contributed by atoms with Crippen LogP contribution in [0.4, 0.5) is 27.4 Å². The number of benzene rings is 1. The molecule has 192 valence electrons. The minimum Gasteiger partial charge on any atom is -0.494 e. The van der Waals surface area contributed by atoms with E-state index in [9.17, 15) is 14.3 Å². The molecule has 4 aromatic rings. The van der Waals surface area contributed by atoms with Crippen molar-refractivity contribution >= 4 is 28.9 Å². The van der Waals surface area contributed by atoms with E-state index in [2.05, 4.69) is 35.9 Å². The molecule has 0 fully saturated rings. The van der Waals surface area contributed by atoms with Crippen LogP contribution in [-0.4, -0.2) is 55.0 Å². The van der Waals surface area contributed by atoms with Crippen LogP contribution in [0.3, 0.4) is 0 Å². The van der Waals surface area contributed by atoms with Gasteiger partial charge in [0.15, 0.2) is 28.9 Å². The Balaban J connectivity index is 1.78. The Morgan fingerprint density at radius 3 is 2.51 bits per heavy atom. The van der Waals surface area contributed by atoms with Crippen LogP contribution in [0.15, 0.2) is 42.7 Å². The van der Waals surface area contributed by atoms with Crippen LogP contribution in [0.25, 0.3) is 11.4 Å². The first-order chi connectivity index (χ1) is 18.7. The van der Waals surface area contributed by atoms with Gasteiger partial charge in [0.25, 0.3) is 5.91 Å². The summed E-state index contributed by atoms with van der Waals surface area (Å²) in [4.78, 5) is 21.1. The lowest BCUT2D eigenvalue weighted by atomic mass is 10.1. The lowest BCUT2D eigenvalue weighted by Gasteiger charge is -2.17. The molecule has 4 N–H and O–H groups in total. The molecule has 0 spiro atoms. The number of carbonyl (C=O) groups excluding carboxylic acids is 1. The Morgan fingerprint density at radius 1 is 1.11 bits per heavy atom. The summed E-state index contributed by atoms with van der Waals surface area (Å²) in [5, 5.41) is 30.2. The maximum absolute atomic E-state index is 14.7. The molecule has 0 saturated carbocycles. The highest BCUT2D eigenvalue weighted by Crippen LogP contribution is 2.38. The fourth-order valence-corrected chi connectivity index (χ4v) is 3.66. The molecule has 37 heavy (non-hydrogen) atoms. The van der Waals surface area contributed by atoms with Gasteiger partial charge in [0.05, 0.1) is 29.7 Å². The third-order valence-electron chi connectivity index (χ3n) is 5.22. The quantitative estimate of drug-likeness (QED) is 0.278. The molecule has 0 unspecified atom stereocenters. The summed E-state index contributed by atoms with van der Waals surface area (Å²) in [6.07, 6.45) is 2.98. The Hall–Kier alpha value is -4.65. The summed E-state index contributed by atoms with van der Waals surface area (Å²) in [5.41, 5.74) is -0.771. The first-order valence-corrected chi connectivity index (χ1v) is 10.9. The fourth-order valence-electron chi connectivity index (χ4n) is 3.66. The lowest BCUT2D eigenvalue weighted by Crippen LogP contribution is -2.21. The lowest BCUT2D eigenvalue weighted by molar-refractivity contribution is 0.0695. The number of halogens is 1. The number of hydrogen-bond donors (Lipinski definition) is 4. The Bertz CT molecular complexity index is 1540. The third-order valence-corrected chi connectivity index (χ3v) is 5.22. The van der Waals surface area contributed by atoms with Crippen LogP contribution >= 0.6 is 0 Å². The number of nitrogens with zero attached hydrogens (tertiary/aromatic N) is 6. The van der Waals surface area contributed by atoms with Gasteiger partial charge in [0.2, 0.25) is 0 Å². The number of aliphatic hydroxyl groups is 1. The Labute approximate surface area is 216 Å². The van der Waals surface area contributed by atoms with Gasteiger partial charge >= 0.3 is 0 Å². The van der Waals surface area contributed by atoms with Gasteiger partial charge in [0.1, 0.15) is 11.4 Å². The highest BCUT2D eigenvalue weighted by atomic mass is 19.1. The molecule has 1 aromatic carbocycles. The van der Waals surface area contributed by atoms with Crippen molar-refractivity contribution in [2.24, 2.45) is 7.05 Å². The number of methoxy groups -OCH3 is 1. The predicted octanol–water partition coefficient (Wildman–Crippen LogP) is 2.89. The summed E-state index contributed by atoms with van der Waals surface area (Å²) < 4.78 is 43.9. The average molecular weight is 511 g/mol. The predicted molar refractivity (Wildman–Crippen MR) is 134 cm³/mol. The fraction of sp³-hybridized carbons (Fsp3) is 0.250. The zero-order valence-electron chi connectivity index (χ0n) is 23.4. The van der Waals surface area contributed by atoms with E-state index in [4.69, 9.17) is 8.85 Å². The molecule has 1 amide bonds. The van der Waals surface area contributed by atoms with Crippen molar-refractivity contribution < 1.29 is 23.1 Å². The van der Waals surface area contributed by atoms with Gasteiger partial charge < -0.3 is 25.8 Å². The van der Waals surface area contributed by atoms with Crippen LogP contribution in [-0.2, 0) is 12.6 Å². The number of aryl methyl sites for hydroxylation is 1. The second-order valence-electron chi connectivity index (χ2n) is 8.40. The summed E-state index contributed by atoms with van der Waals surface area (Å²) >= 11 is 0. The Kier molecular flexibility index (Phi) is 5.93. The van der Waals surface area contributed by atoms with Crippen LogP contribution in [0, 0.1) is 5.82 Å². The molecule has 0 aliphatic heterocycles. The van der Waals surface area contributed by atoms with Crippen LogP contribution in [0.5, 0.6) is 5.75 Å². The van der Waals surface area contributed by atoms with Crippen molar-refractivity contribution in [1.82, 2.24) is 35.3 Å². The molecule has 0 aliphatic carbocycles. The van der Waals surface area contributed by atoms with Crippen molar-refractivity contribution in [2.75, 3.05) is 24.7 Å². The second kappa shape index (κ2) is 10.1. The average Bonchev–Trinajstić information content (AvgIpc) is 3.23. The molecule has 0 bridgehead atoms. The van der Waals surface area contributed by atoms with Crippen LogP contribution < -0.4 is 20.7 Å². The van der Waals surface area contributed by atoms with Gasteiger partial charge in [-0.15, -0.1) is 10.2 Å². The molecule has 4 rings (SSSR count). The molecule has 3 aromatic heterocycles. The number of carbonyl (C=O) groups is 1. The van der Waals surface area contributed by atoms with E-state index in [1.54, 1.807) is 33.0 Å². The highest BCUT2D eigenvalue weighted by Gasteiger charge is 2.23. The topological polar surface area (TPSA) is 152 Å². The number of aromatic nitrogens is 6. The number of rotatable bonds is 8. The zero-order chi connectivity index (χ0) is 29.2. The monoisotopic (exact) mass is 510 g/mol. The molecule has 12 nitrogen and oxygen atoms in total. The van der Waals surface area contributed by atoms with E-state index in [0.717, 1.165) is 6.07 Å². The molecule has 0 aliphatic rings. The van der Waals surface area contributed by atoms with Gasteiger partial charge in [-0.1, -0.05) is 0 Å². The molecular weight excluding hydrogens is 481 g/mol. The first-order valence-electron chi connectivity index (χ1n) is 12.4.